The van der Waals surface area contributed by atoms with Gasteiger partial charge in [-0.25, -0.2) is 23.1 Å². The monoisotopic (exact) mass is 378 g/mol. The van der Waals surface area contributed by atoms with Crippen LogP contribution in [-0.2, 0) is 0 Å². The fourth-order valence-electron chi connectivity index (χ4n) is 2.01. The molecule has 0 unspecified atom stereocenters. The molecule has 132 valence electrons. The summed E-state index contributed by atoms with van der Waals surface area (Å²) in [4.78, 5) is 20.0. The summed E-state index contributed by atoms with van der Waals surface area (Å²) in [6.45, 7) is 0. The van der Waals surface area contributed by atoms with Gasteiger partial charge in [-0.05, 0) is 30.3 Å². The number of carbonyl (C=O) groups is 1. The van der Waals surface area contributed by atoms with Crippen molar-refractivity contribution in [3.8, 4) is 0 Å². The van der Waals surface area contributed by atoms with E-state index in [2.05, 4.69) is 20.6 Å². The Bertz CT molecular complexity index is 967. The van der Waals surface area contributed by atoms with Gasteiger partial charge in [0, 0.05) is 11.8 Å². The van der Waals surface area contributed by atoms with Gasteiger partial charge in [-0.15, -0.1) is 0 Å². The molecule has 0 aliphatic carbocycles. The van der Waals surface area contributed by atoms with Gasteiger partial charge in [0.15, 0.2) is 0 Å². The number of hydrogen-bond acceptors (Lipinski definition) is 4. The molecule has 0 bridgehead atoms. The Labute approximate surface area is 150 Å². The molecule has 2 N–H and O–H groups in total. The second-order valence-electron chi connectivity index (χ2n) is 5.12. The number of anilines is 3. The van der Waals surface area contributed by atoms with Crippen molar-refractivity contribution < 1.29 is 18.0 Å². The summed E-state index contributed by atoms with van der Waals surface area (Å²) in [5.41, 5.74) is 0.285. The van der Waals surface area contributed by atoms with E-state index in [1.54, 1.807) is 0 Å². The number of halogens is 4. The van der Waals surface area contributed by atoms with Crippen molar-refractivity contribution >= 4 is 34.7 Å². The number of amides is 1. The molecule has 3 rings (SSSR count). The third kappa shape index (κ3) is 4.09. The first-order chi connectivity index (χ1) is 12.4. The van der Waals surface area contributed by atoms with E-state index in [1.165, 1.54) is 30.6 Å². The van der Waals surface area contributed by atoms with E-state index < -0.39 is 23.4 Å². The molecular weight excluding hydrogens is 369 g/mol. The van der Waals surface area contributed by atoms with Gasteiger partial charge in [-0.1, -0.05) is 11.6 Å². The normalized spacial score (nSPS) is 10.5. The van der Waals surface area contributed by atoms with E-state index >= 15 is 0 Å². The molecule has 9 heteroatoms. The summed E-state index contributed by atoms with van der Waals surface area (Å²) < 4.78 is 39.6. The van der Waals surface area contributed by atoms with E-state index in [0.717, 1.165) is 18.2 Å². The van der Waals surface area contributed by atoms with Gasteiger partial charge in [0.25, 0.3) is 5.91 Å². The van der Waals surface area contributed by atoms with E-state index in [1.807, 2.05) is 0 Å². The molecule has 1 amide bonds. The van der Waals surface area contributed by atoms with Crippen molar-refractivity contribution in [2.24, 2.45) is 0 Å². The summed E-state index contributed by atoms with van der Waals surface area (Å²) in [5.74, 6) is -2.52. The summed E-state index contributed by atoms with van der Waals surface area (Å²) in [5, 5.41) is 4.99. The zero-order chi connectivity index (χ0) is 18.7. The zero-order valence-corrected chi connectivity index (χ0v) is 13.7. The Morgan fingerprint density at radius 3 is 2.42 bits per heavy atom. The molecule has 0 saturated carbocycles. The van der Waals surface area contributed by atoms with Crippen LogP contribution in [0, 0.1) is 17.5 Å². The van der Waals surface area contributed by atoms with Crippen LogP contribution in [0.2, 0.25) is 5.02 Å². The number of rotatable bonds is 4. The molecule has 1 heterocycles. The van der Waals surface area contributed by atoms with E-state index in [4.69, 9.17) is 11.6 Å². The molecule has 0 aliphatic heterocycles. The first-order valence-electron chi connectivity index (χ1n) is 7.23. The van der Waals surface area contributed by atoms with E-state index in [9.17, 15) is 18.0 Å². The molecule has 3 aromatic rings. The quantitative estimate of drug-likeness (QED) is 0.699. The molecule has 5 nitrogen and oxygen atoms in total. The zero-order valence-electron chi connectivity index (χ0n) is 12.9. The Kier molecular flexibility index (Phi) is 5.04. The van der Waals surface area contributed by atoms with Gasteiger partial charge >= 0.3 is 0 Å². The molecule has 2 aromatic carbocycles. The number of carbonyl (C=O) groups excluding carboxylic acids is 1. The number of nitrogens with one attached hydrogen (secondary N) is 2. The van der Waals surface area contributed by atoms with Crippen molar-refractivity contribution in [2.75, 3.05) is 10.6 Å². The topological polar surface area (TPSA) is 66.9 Å². The molecule has 0 spiro atoms. The number of hydrogen-bond donors (Lipinski definition) is 2. The summed E-state index contributed by atoms with van der Waals surface area (Å²) >= 11 is 5.65. The van der Waals surface area contributed by atoms with Crippen molar-refractivity contribution in [3.63, 3.8) is 0 Å². The summed E-state index contributed by atoms with van der Waals surface area (Å²) in [7, 11) is 0. The summed E-state index contributed by atoms with van der Waals surface area (Å²) in [6, 6.07) is 6.76. The van der Waals surface area contributed by atoms with Crippen molar-refractivity contribution in [3.05, 3.63) is 77.0 Å². The van der Waals surface area contributed by atoms with Gasteiger partial charge in [0.2, 0.25) is 0 Å². The minimum atomic E-state index is -0.790. The number of nitrogens with zero attached hydrogens (tertiary/aromatic N) is 2. The van der Waals surface area contributed by atoms with E-state index in [0.29, 0.717) is 5.69 Å². The molecular formula is C17H10ClF3N4O. The SMILES string of the molecule is O=C(Nc1ccc(F)c(Cl)c1)c1cnc(Nc2ccc(F)cc2F)cn1. The van der Waals surface area contributed by atoms with Crippen LogP contribution in [0.1, 0.15) is 10.5 Å². The predicted octanol–water partition coefficient (Wildman–Crippen LogP) is 4.54. The van der Waals surface area contributed by atoms with Gasteiger partial charge < -0.3 is 10.6 Å². The van der Waals surface area contributed by atoms with Crippen LogP contribution in [0.5, 0.6) is 0 Å². The molecule has 0 radical (unpaired) electrons. The van der Waals surface area contributed by atoms with E-state index in [-0.39, 0.29) is 22.2 Å². The first-order valence-corrected chi connectivity index (χ1v) is 7.61. The van der Waals surface area contributed by atoms with Crippen LogP contribution >= 0.6 is 11.6 Å². The molecule has 0 fully saturated rings. The average Bonchev–Trinajstić information content (AvgIpc) is 2.61. The van der Waals surface area contributed by atoms with Crippen molar-refractivity contribution in [2.45, 2.75) is 0 Å². The van der Waals surface area contributed by atoms with Gasteiger partial charge in [0.05, 0.1) is 23.1 Å². The molecule has 26 heavy (non-hydrogen) atoms. The Hall–Kier alpha value is -3.13. The maximum Gasteiger partial charge on any atom is 0.275 e. The van der Waals surface area contributed by atoms with Crippen molar-refractivity contribution in [1.82, 2.24) is 9.97 Å². The highest BCUT2D eigenvalue weighted by Gasteiger charge is 2.11. The fraction of sp³-hybridized carbons (Fsp3) is 0. The lowest BCUT2D eigenvalue weighted by Gasteiger charge is -2.08. The fourth-order valence-corrected chi connectivity index (χ4v) is 2.19. The third-order valence-electron chi connectivity index (χ3n) is 3.26. The highest BCUT2D eigenvalue weighted by molar-refractivity contribution is 6.31. The smallest absolute Gasteiger partial charge is 0.275 e. The maximum absolute atomic E-state index is 13.6. The molecule has 0 atom stereocenters. The second-order valence-corrected chi connectivity index (χ2v) is 5.53. The second kappa shape index (κ2) is 7.40. The van der Waals surface area contributed by atoms with Gasteiger partial charge in [-0.3, -0.25) is 4.79 Å². The maximum atomic E-state index is 13.6. The lowest BCUT2D eigenvalue weighted by Crippen LogP contribution is -2.14. The highest BCUT2D eigenvalue weighted by Crippen LogP contribution is 2.21. The average molecular weight is 379 g/mol. The lowest BCUT2D eigenvalue weighted by atomic mass is 10.3. The minimum absolute atomic E-state index is 0.0128. The minimum Gasteiger partial charge on any atom is -0.337 e. The van der Waals surface area contributed by atoms with Crippen LogP contribution in [-0.4, -0.2) is 15.9 Å². The lowest BCUT2D eigenvalue weighted by molar-refractivity contribution is 0.102. The van der Waals surface area contributed by atoms with Crippen LogP contribution in [0.3, 0.4) is 0 Å². The largest absolute Gasteiger partial charge is 0.337 e. The number of aromatic nitrogens is 2. The Balaban J connectivity index is 1.70. The Morgan fingerprint density at radius 2 is 1.77 bits per heavy atom. The van der Waals surface area contributed by atoms with Crippen LogP contribution in [0.4, 0.5) is 30.4 Å². The Morgan fingerprint density at radius 1 is 0.962 bits per heavy atom. The number of benzene rings is 2. The van der Waals surface area contributed by atoms with Gasteiger partial charge in [-0.2, -0.15) is 0 Å². The predicted molar refractivity (Wildman–Crippen MR) is 91.0 cm³/mol. The van der Waals surface area contributed by atoms with Crippen molar-refractivity contribution in [1.29, 1.82) is 0 Å². The molecule has 0 saturated heterocycles. The van der Waals surface area contributed by atoms with Crippen LogP contribution in [0.15, 0.2) is 48.8 Å². The van der Waals surface area contributed by atoms with Crippen LogP contribution < -0.4 is 10.6 Å². The molecule has 0 aliphatic rings. The highest BCUT2D eigenvalue weighted by atomic mass is 35.5. The molecule has 1 aromatic heterocycles. The summed E-state index contributed by atoms with van der Waals surface area (Å²) in [6.07, 6.45) is 2.39. The van der Waals surface area contributed by atoms with Gasteiger partial charge in [0.1, 0.15) is 29.0 Å². The standard InChI is InChI=1S/C17H10ClF3N4O/c18-11-6-10(2-3-12(11)20)24-17(26)15-7-23-16(8-22-15)25-14-4-1-9(19)5-13(14)21/h1-8H,(H,23,25)(H,24,26). The third-order valence-corrected chi connectivity index (χ3v) is 3.55. The van der Waals surface area contributed by atoms with Crippen LogP contribution in [0.25, 0.3) is 0 Å². The first kappa shape index (κ1) is 17.7.